The number of hydrogen-bond acceptors (Lipinski definition) is 5. The average Bonchev–Trinajstić information content (AvgIpc) is 3.03. The number of carbonyl (C=O) groups excluding carboxylic acids is 2. The van der Waals surface area contributed by atoms with Crippen molar-refractivity contribution < 1.29 is 24.2 Å². The van der Waals surface area contributed by atoms with E-state index in [4.69, 9.17) is 9.47 Å². The molecule has 2 aromatic carbocycles. The number of Topliss-reactive ketones (excluding diaryl/α,β-unsaturated/α-hetero) is 1. The maximum atomic E-state index is 13.2. The predicted molar refractivity (Wildman–Crippen MR) is 118 cm³/mol. The van der Waals surface area contributed by atoms with Gasteiger partial charge in [0, 0.05) is 18.2 Å². The van der Waals surface area contributed by atoms with Crippen molar-refractivity contribution in [2.45, 2.75) is 39.7 Å². The van der Waals surface area contributed by atoms with Crippen LogP contribution < -0.4 is 14.4 Å². The van der Waals surface area contributed by atoms with E-state index in [1.807, 2.05) is 38.1 Å². The van der Waals surface area contributed by atoms with Crippen LogP contribution in [0.1, 0.15) is 44.4 Å². The lowest BCUT2D eigenvalue weighted by molar-refractivity contribution is -0.118. The first-order valence-electron chi connectivity index (χ1n) is 10.7. The lowest BCUT2D eigenvalue weighted by Gasteiger charge is -2.28. The van der Waals surface area contributed by atoms with Crippen LogP contribution in [0, 0.1) is 5.92 Å². The number of rotatable bonds is 6. The third-order valence-corrected chi connectivity index (χ3v) is 5.61. The number of carbonyl (C=O) groups is 2. The van der Waals surface area contributed by atoms with E-state index in [9.17, 15) is 14.7 Å². The Labute approximate surface area is 182 Å². The highest BCUT2D eigenvalue weighted by molar-refractivity contribution is 6.16. The van der Waals surface area contributed by atoms with Crippen LogP contribution in [0.25, 0.3) is 0 Å². The Morgan fingerprint density at radius 2 is 1.77 bits per heavy atom. The second kappa shape index (κ2) is 8.46. The molecule has 2 aromatic rings. The third-order valence-electron chi connectivity index (χ3n) is 5.61. The van der Waals surface area contributed by atoms with Crippen LogP contribution in [0.5, 0.6) is 11.5 Å². The fourth-order valence-electron chi connectivity index (χ4n) is 4.07. The fraction of sp³-hybridized carbons (Fsp3) is 0.360. The molecule has 0 fully saturated rings. The van der Waals surface area contributed by atoms with Crippen LogP contribution >= 0.6 is 0 Å². The summed E-state index contributed by atoms with van der Waals surface area (Å²) in [7, 11) is 0. The Balaban J connectivity index is 1.81. The Hall–Kier alpha value is -3.28. The number of aliphatic hydroxyl groups excluding tert-OH is 1. The summed E-state index contributed by atoms with van der Waals surface area (Å²) in [6.07, 6.45) is 1.14. The molecule has 0 radical (unpaired) electrons. The molecule has 6 nitrogen and oxygen atoms in total. The summed E-state index contributed by atoms with van der Waals surface area (Å²) < 4.78 is 11.3. The van der Waals surface area contributed by atoms with Crippen LogP contribution in [-0.2, 0) is 16.0 Å². The number of anilines is 1. The lowest BCUT2D eigenvalue weighted by Crippen LogP contribution is -2.31. The summed E-state index contributed by atoms with van der Waals surface area (Å²) >= 11 is 0. The van der Waals surface area contributed by atoms with E-state index in [1.54, 1.807) is 18.2 Å². The second-order valence-electron chi connectivity index (χ2n) is 8.28. The van der Waals surface area contributed by atoms with Crippen molar-refractivity contribution in [2.24, 2.45) is 5.92 Å². The minimum atomic E-state index is -0.702. The van der Waals surface area contributed by atoms with Crippen LogP contribution in [0.15, 0.2) is 53.8 Å². The molecule has 0 saturated heterocycles. The van der Waals surface area contributed by atoms with Gasteiger partial charge in [-0.25, -0.2) is 0 Å². The molecule has 1 N–H and O–H groups in total. The first kappa shape index (κ1) is 21.0. The Kier molecular flexibility index (Phi) is 5.72. The lowest BCUT2D eigenvalue weighted by atomic mass is 9.91. The Morgan fingerprint density at radius 1 is 1.10 bits per heavy atom. The Morgan fingerprint density at radius 3 is 2.42 bits per heavy atom. The van der Waals surface area contributed by atoms with Crippen molar-refractivity contribution in [2.75, 3.05) is 18.1 Å². The maximum absolute atomic E-state index is 13.2. The van der Waals surface area contributed by atoms with E-state index in [2.05, 4.69) is 6.92 Å². The summed E-state index contributed by atoms with van der Waals surface area (Å²) in [5, 5.41) is 10.8. The zero-order valence-electron chi connectivity index (χ0n) is 18.1. The smallest absolute Gasteiger partial charge is 0.294 e. The van der Waals surface area contributed by atoms with Gasteiger partial charge >= 0.3 is 0 Å². The molecule has 2 aliphatic heterocycles. The molecule has 0 bridgehead atoms. The van der Waals surface area contributed by atoms with Crippen molar-refractivity contribution in [1.29, 1.82) is 0 Å². The average molecular weight is 421 g/mol. The third kappa shape index (κ3) is 3.90. The molecule has 0 spiro atoms. The summed E-state index contributed by atoms with van der Waals surface area (Å²) in [6, 6.07) is 12.3. The van der Waals surface area contributed by atoms with E-state index >= 15 is 0 Å². The minimum absolute atomic E-state index is 0.106. The summed E-state index contributed by atoms with van der Waals surface area (Å²) in [4.78, 5) is 27.7. The maximum Gasteiger partial charge on any atom is 0.294 e. The van der Waals surface area contributed by atoms with Gasteiger partial charge in [-0.1, -0.05) is 45.0 Å². The number of ketones is 1. The van der Waals surface area contributed by atoms with E-state index in [-0.39, 0.29) is 23.7 Å². The molecule has 1 amide bonds. The number of fused-ring (bicyclic) bond motifs is 1. The summed E-state index contributed by atoms with van der Waals surface area (Å²) in [5.41, 5.74) is 2.62. The summed E-state index contributed by atoms with van der Waals surface area (Å²) in [6.45, 7) is 6.84. The van der Waals surface area contributed by atoms with E-state index in [0.29, 0.717) is 30.4 Å². The largest absolute Gasteiger partial charge is 0.503 e. The fourth-order valence-corrected chi connectivity index (χ4v) is 4.07. The van der Waals surface area contributed by atoms with Crippen molar-refractivity contribution in [1.82, 2.24) is 0 Å². The zero-order valence-corrected chi connectivity index (χ0v) is 18.1. The quantitative estimate of drug-likeness (QED) is 0.741. The van der Waals surface area contributed by atoms with E-state index in [1.165, 1.54) is 4.90 Å². The molecule has 162 valence electrons. The van der Waals surface area contributed by atoms with Gasteiger partial charge < -0.3 is 14.6 Å². The van der Waals surface area contributed by atoms with Gasteiger partial charge in [-0.3, -0.25) is 14.5 Å². The van der Waals surface area contributed by atoms with Gasteiger partial charge in [-0.2, -0.15) is 0 Å². The SMILES string of the molecule is CCc1ccc(C2C(C(=O)CC(C)C)=C(O)C(=O)N2c2ccc3c(c2)OCCO3)cc1. The predicted octanol–water partition coefficient (Wildman–Crippen LogP) is 4.54. The van der Waals surface area contributed by atoms with Crippen molar-refractivity contribution in [3.63, 3.8) is 0 Å². The zero-order chi connectivity index (χ0) is 22.1. The van der Waals surface area contributed by atoms with Crippen molar-refractivity contribution in [3.05, 3.63) is 64.9 Å². The first-order valence-corrected chi connectivity index (χ1v) is 10.7. The molecule has 4 rings (SSSR count). The van der Waals surface area contributed by atoms with Crippen LogP contribution in [0.2, 0.25) is 0 Å². The first-order chi connectivity index (χ1) is 14.9. The standard InChI is InChI=1S/C25H27NO5/c1-4-16-5-7-17(8-6-16)23-22(19(27)13-15(2)3)24(28)25(29)26(23)18-9-10-20-21(14-18)31-12-11-30-20/h5-10,14-15,23,28H,4,11-13H2,1-3H3. The molecule has 0 aliphatic carbocycles. The molecule has 2 aliphatic rings. The molecule has 0 aromatic heterocycles. The highest BCUT2D eigenvalue weighted by atomic mass is 16.6. The van der Waals surface area contributed by atoms with Gasteiger partial charge in [0.2, 0.25) is 0 Å². The molecular formula is C25H27NO5. The molecule has 31 heavy (non-hydrogen) atoms. The van der Waals surface area contributed by atoms with Gasteiger partial charge in [0.15, 0.2) is 23.0 Å². The molecule has 1 unspecified atom stereocenters. The van der Waals surface area contributed by atoms with Gasteiger partial charge in [-0.05, 0) is 35.6 Å². The number of amides is 1. The number of aliphatic hydroxyl groups is 1. The number of nitrogens with zero attached hydrogens (tertiary/aromatic N) is 1. The van der Waals surface area contributed by atoms with Gasteiger partial charge in [0.05, 0.1) is 11.6 Å². The number of benzene rings is 2. The minimum Gasteiger partial charge on any atom is -0.503 e. The van der Waals surface area contributed by atoms with Gasteiger partial charge in [0.25, 0.3) is 5.91 Å². The molecule has 1 atom stereocenters. The summed E-state index contributed by atoms with van der Waals surface area (Å²) in [5.74, 6) is -0.0323. The highest BCUT2D eigenvalue weighted by Crippen LogP contribution is 2.44. The molecular weight excluding hydrogens is 394 g/mol. The number of hydrogen-bond donors (Lipinski definition) is 1. The number of aryl methyl sites for hydroxylation is 1. The highest BCUT2D eigenvalue weighted by Gasteiger charge is 2.44. The van der Waals surface area contributed by atoms with Crippen molar-refractivity contribution in [3.8, 4) is 11.5 Å². The van der Waals surface area contributed by atoms with Gasteiger partial charge in [-0.15, -0.1) is 0 Å². The molecule has 6 heteroatoms. The van der Waals surface area contributed by atoms with Crippen molar-refractivity contribution >= 4 is 17.4 Å². The Bertz CT molecular complexity index is 1040. The van der Waals surface area contributed by atoms with Crippen LogP contribution in [0.3, 0.4) is 0 Å². The van der Waals surface area contributed by atoms with E-state index < -0.39 is 17.7 Å². The molecule has 2 heterocycles. The second-order valence-corrected chi connectivity index (χ2v) is 8.28. The monoisotopic (exact) mass is 421 g/mol. The van der Waals surface area contributed by atoms with Crippen LogP contribution in [-0.4, -0.2) is 30.0 Å². The van der Waals surface area contributed by atoms with Gasteiger partial charge in [0.1, 0.15) is 13.2 Å². The normalized spacial score (nSPS) is 18.1. The topological polar surface area (TPSA) is 76.1 Å². The number of ether oxygens (including phenoxy) is 2. The van der Waals surface area contributed by atoms with Crippen LogP contribution in [0.4, 0.5) is 5.69 Å². The molecule has 0 saturated carbocycles. The van der Waals surface area contributed by atoms with E-state index in [0.717, 1.165) is 17.5 Å².